The molecule has 4 heteroatoms. The molecule has 1 atom stereocenters. The summed E-state index contributed by atoms with van der Waals surface area (Å²) in [7, 11) is 0. The van der Waals surface area contributed by atoms with E-state index in [0.29, 0.717) is 12.3 Å². The molecule has 1 fully saturated rings. The van der Waals surface area contributed by atoms with E-state index in [1.54, 1.807) is 0 Å². The minimum absolute atomic E-state index is 0.223. The Bertz CT molecular complexity index is 480. The van der Waals surface area contributed by atoms with E-state index in [1.165, 1.54) is 0 Å². The molecular weight excluding hydrogens is 242 g/mol. The van der Waals surface area contributed by atoms with Crippen molar-refractivity contribution in [1.29, 1.82) is 0 Å². The van der Waals surface area contributed by atoms with Gasteiger partial charge in [0.2, 0.25) is 5.91 Å². The number of carboxylic acid groups (broad SMARTS) is 1. The fourth-order valence-corrected chi connectivity index (χ4v) is 2.16. The number of hydrogen-bond acceptors (Lipinski definition) is 2. The van der Waals surface area contributed by atoms with Crippen LogP contribution in [-0.2, 0) is 16.0 Å². The third kappa shape index (κ3) is 4.39. The summed E-state index contributed by atoms with van der Waals surface area (Å²) in [5.41, 5.74) is 2.01. The van der Waals surface area contributed by atoms with E-state index in [0.717, 1.165) is 24.0 Å². The van der Waals surface area contributed by atoms with Gasteiger partial charge in [-0.05, 0) is 24.8 Å². The quantitative estimate of drug-likeness (QED) is 0.822. The van der Waals surface area contributed by atoms with Crippen molar-refractivity contribution in [2.45, 2.75) is 38.6 Å². The zero-order valence-electron chi connectivity index (χ0n) is 11.1. The first-order chi connectivity index (χ1) is 9.04. The van der Waals surface area contributed by atoms with Gasteiger partial charge in [0.15, 0.2) is 0 Å². The molecule has 1 unspecified atom stereocenters. The minimum Gasteiger partial charge on any atom is -0.480 e. The molecule has 0 spiro atoms. The predicted octanol–water partition coefficient (Wildman–Crippen LogP) is 1.91. The van der Waals surface area contributed by atoms with Gasteiger partial charge in [0.05, 0.1) is 6.42 Å². The highest BCUT2D eigenvalue weighted by Crippen LogP contribution is 2.33. The minimum atomic E-state index is -0.940. The Balaban J connectivity index is 1.89. The number of nitrogens with one attached hydrogen (secondary N) is 1. The maximum absolute atomic E-state index is 11.9. The molecule has 1 aromatic rings. The Morgan fingerprint density at radius 3 is 2.74 bits per heavy atom. The molecule has 4 nitrogen and oxygen atoms in total. The van der Waals surface area contributed by atoms with E-state index >= 15 is 0 Å². The van der Waals surface area contributed by atoms with Crippen LogP contribution < -0.4 is 5.32 Å². The van der Waals surface area contributed by atoms with Crippen molar-refractivity contribution in [2.24, 2.45) is 5.92 Å². The topological polar surface area (TPSA) is 66.4 Å². The number of amides is 1. The zero-order chi connectivity index (χ0) is 13.8. The fourth-order valence-electron chi connectivity index (χ4n) is 2.16. The predicted molar refractivity (Wildman–Crippen MR) is 71.8 cm³/mol. The van der Waals surface area contributed by atoms with Crippen LogP contribution in [0.4, 0.5) is 0 Å². The Morgan fingerprint density at radius 1 is 1.42 bits per heavy atom. The molecule has 1 saturated carbocycles. The number of rotatable bonds is 6. The molecule has 1 amide bonds. The number of aliphatic carboxylic acids is 1. The second-order valence-electron chi connectivity index (χ2n) is 5.30. The largest absolute Gasteiger partial charge is 0.480 e. The number of carbonyl (C=O) groups is 2. The number of benzene rings is 1. The van der Waals surface area contributed by atoms with Crippen LogP contribution in [0.3, 0.4) is 0 Å². The molecule has 2 N–H and O–H groups in total. The second kappa shape index (κ2) is 5.87. The maximum atomic E-state index is 11.9. The first kappa shape index (κ1) is 13.6. The van der Waals surface area contributed by atoms with Gasteiger partial charge in [-0.3, -0.25) is 4.79 Å². The second-order valence-corrected chi connectivity index (χ2v) is 5.30. The lowest BCUT2D eigenvalue weighted by molar-refractivity contribution is -0.142. The summed E-state index contributed by atoms with van der Waals surface area (Å²) >= 11 is 0. The molecule has 0 heterocycles. The Morgan fingerprint density at radius 2 is 2.16 bits per heavy atom. The lowest BCUT2D eigenvalue weighted by atomic mass is 10.1. The fraction of sp³-hybridized carbons (Fsp3) is 0.467. The summed E-state index contributed by atoms with van der Waals surface area (Å²) in [5, 5.41) is 11.7. The molecule has 2 rings (SSSR count). The Labute approximate surface area is 112 Å². The van der Waals surface area contributed by atoms with Gasteiger partial charge in [0, 0.05) is 0 Å². The van der Waals surface area contributed by atoms with Crippen LogP contribution in [0.2, 0.25) is 0 Å². The van der Waals surface area contributed by atoms with Gasteiger partial charge in [-0.1, -0.05) is 42.7 Å². The van der Waals surface area contributed by atoms with Gasteiger partial charge in [0.25, 0.3) is 0 Å². The van der Waals surface area contributed by atoms with E-state index < -0.39 is 12.0 Å². The van der Waals surface area contributed by atoms with Crippen molar-refractivity contribution in [3.63, 3.8) is 0 Å². The lowest BCUT2D eigenvalue weighted by Gasteiger charge is -2.14. The van der Waals surface area contributed by atoms with Gasteiger partial charge in [-0.2, -0.15) is 0 Å². The number of aryl methyl sites for hydroxylation is 1. The van der Waals surface area contributed by atoms with Crippen LogP contribution in [0.5, 0.6) is 0 Å². The first-order valence-electron chi connectivity index (χ1n) is 6.62. The lowest BCUT2D eigenvalue weighted by Crippen LogP contribution is -2.41. The van der Waals surface area contributed by atoms with Gasteiger partial charge < -0.3 is 10.4 Å². The van der Waals surface area contributed by atoms with Crippen LogP contribution in [-0.4, -0.2) is 23.0 Å². The van der Waals surface area contributed by atoms with E-state index in [9.17, 15) is 9.59 Å². The zero-order valence-corrected chi connectivity index (χ0v) is 11.1. The van der Waals surface area contributed by atoms with Crippen molar-refractivity contribution in [2.75, 3.05) is 0 Å². The smallest absolute Gasteiger partial charge is 0.326 e. The Kier molecular flexibility index (Phi) is 4.20. The Hall–Kier alpha value is -1.84. The third-order valence-electron chi connectivity index (χ3n) is 3.35. The van der Waals surface area contributed by atoms with Crippen molar-refractivity contribution in [3.05, 3.63) is 35.4 Å². The van der Waals surface area contributed by atoms with E-state index in [1.807, 2.05) is 31.2 Å². The van der Waals surface area contributed by atoms with Crippen molar-refractivity contribution in [1.82, 2.24) is 5.32 Å². The molecule has 0 radical (unpaired) electrons. The van der Waals surface area contributed by atoms with Gasteiger partial charge in [0.1, 0.15) is 6.04 Å². The molecule has 0 aliphatic heterocycles. The highest BCUT2D eigenvalue weighted by Gasteiger charge is 2.30. The van der Waals surface area contributed by atoms with Gasteiger partial charge in [-0.25, -0.2) is 4.79 Å². The summed E-state index contributed by atoms with van der Waals surface area (Å²) in [6, 6.07) is 6.94. The molecule has 0 aromatic heterocycles. The van der Waals surface area contributed by atoms with Gasteiger partial charge >= 0.3 is 5.97 Å². The molecule has 0 saturated heterocycles. The summed E-state index contributed by atoms with van der Waals surface area (Å²) < 4.78 is 0. The SMILES string of the molecule is Cc1cccc(CC(=O)NC(CC2CC2)C(=O)O)c1. The van der Waals surface area contributed by atoms with Crippen molar-refractivity contribution in [3.8, 4) is 0 Å². The molecule has 19 heavy (non-hydrogen) atoms. The average Bonchev–Trinajstić information content (AvgIpc) is 3.11. The highest BCUT2D eigenvalue weighted by atomic mass is 16.4. The molecule has 0 bridgehead atoms. The number of carboxylic acids is 1. The van der Waals surface area contributed by atoms with Crippen LogP contribution >= 0.6 is 0 Å². The van der Waals surface area contributed by atoms with Gasteiger partial charge in [-0.15, -0.1) is 0 Å². The summed E-state index contributed by atoms with van der Waals surface area (Å²) in [5.74, 6) is -0.691. The standard InChI is InChI=1S/C15H19NO3/c1-10-3-2-4-12(7-10)9-14(17)16-13(15(18)19)8-11-5-6-11/h2-4,7,11,13H,5-6,8-9H2,1H3,(H,16,17)(H,18,19). The number of hydrogen-bond donors (Lipinski definition) is 2. The van der Waals surface area contributed by atoms with Crippen LogP contribution in [0.25, 0.3) is 0 Å². The van der Waals surface area contributed by atoms with Crippen molar-refractivity contribution < 1.29 is 14.7 Å². The summed E-state index contributed by atoms with van der Waals surface area (Å²) in [6.45, 7) is 1.97. The summed E-state index contributed by atoms with van der Waals surface area (Å²) in [4.78, 5) is 23.0. The molecular formula is C15H19NO3. The van der Waals surface area contributed by atoms with Crippen molar-refractivity contribution >= 4 is 11.9 Å². The summed E-state index contributed by atoms with van der Waals surface area (Å²) in [6.07, 6.45) is 2.94. The first-order valence-corrected chi connectivity index (χ1v) is 6.62. The highest BCUT2D eigenvalue weighted by molar-refractivity contribution is 5.84. The molecule has 1 aliphatic rings. The third-order valence-corrected chi connectivity index (χ3v) is 3.35. The maximum Gasteiger partial charge on any atom is 0.326 e. The normalized spacial score (nSPS) is 15.8. The number of carbonyl (C=O) groups excluding carboxylic acids is 1. The molecule has 1 aliphatic carbocycles. The van der Waals surface area contributed by atoms with Crippen LogP contribution in [0.1, 0.15) is 30.4 Å². The van der Waals surface area contributed by atoms with Crippen LogP contribution in [0.15, 0.2) is 24.3 Å². The monoisotopic (exact) mass is 261 g/mol. The average molecular weight is 261 g/mol. The molecule has 102 valence electrons. The molecule has 1 aromatic carbocycles. The van der Waals surface area contributed by atoms with E-state index in [-0.39, 0.29) is 12.3 Å². The van der Waals surface area contributed by atoms with E-state index in [4.69, 9.17) is 5.11 Å². The van der Waals surface area contributed by atoms with Crippen LogP contribution in [0, 0.1) is 12.8 Å². The van der Waals surface area contributed by atoms with E-state index in [2.05, 4.69) is 5.32 Å².